The molecule has 1 aromatic rings. The standard InChI is InChI=1S/C8H6BrFO.C2H6/c1-5(11)6-2-3-8(10)7(9)4-6;1-2/h2-4H,1H3;1-2H3. The molecule has 0 fully saturated rings. The van der Waals surface area contributed by atoms with Crippen molar-refractivity contribution in [3.63, 3.8) is 0 Å². The first kappa shape index (κ1) is 12.3. The SMILES string of the molecule is CC.CC(=O)c1ccc(F)c(Br)c1. The van der Waals surface area contributed by atoms with Gasteiger partial charge in [-0.3, -0.25) is 4.79 Å². The molecule has 0 heterocycles. The lowest BCUT2D eigenvalue weighted by molar-refractivity contribution is 0.101. The molecule has 0 spiro atoms. The molecule has 0 saturated heterocycles. The zero-order valence-electron chi connectivity index (χ0n) is 7.90. The molecule has 3 heteroatoms. The third kappa shape index (κ3) is 3.68. The largest absolute Gasteiger partial charge is 0.295 e. The summed E-state index contributed by atoms with van der Waals surface area (Å²) in [7, 11) is 0. The number of benzene rings is 1. The first-order valence-corrected chi connectivity index (χ1v) is 4.86. The van der Waals surface area contributed by atoms with Crippen LogP contribution in [0.2, 0.25) is 0 Å². The Morgan fingerprint density at radius 3 is 2.31 bits per heavy atom. The van der Waals surface area contributed by atoms with Gasteiger partial charge in [-0.15, -0.1) is 0 Å². The van der Waals surface area contributed by atoms with Gasteiger partial charge in [-0.1, -0.05) is 13.8 Å². The van der Waals surface area contributed by atoms with Crippen molar-refractivity contribution in [2.24, 2.45) is 0 Å². The Kier molecular flexibility index (Phi) is 5.55. The van der Waals surface area contributed by atoms with E-state index >= 15 is 0 Å². The first-order valence-electron chi connectivity index (χ1n) is 4.07. The number of hydrogen-bond donors (Lipinski definition) is 0. The normalized spacial score (nSPS) is 8.69. The topological polar surface area (TPSA) is 17.1 Å². The van der Waals surface area contributed by atoms with E-state index in [0.717, 1.165) is 0 Å². The van der Waals surface area contributed by atoms with Crippen LogP contribution in [0.1, 0.15) is 31.1 Å². The predicted octanol–water partition coefficient (Wildman–Crippen LogP) is 3.82. The van der Waals surface area contributed by atoms with Gasteiger partial charge in [0.1, 0.15) is 5.82 Å². The molecule has 0 aliphatic carbocycles. The second-order valence-corrected chi connectivity index (χ2v) is 3.04. The van der Waals surface area contributed by atoms with Crippen LogP contribution in [-0.2, 0) is 0 Å². The van der Waals surface area contributed by atoms with Crippen molar-refractivity contribution in [2.75, 3.05) is 0 Å². The summed E-state index contributed by atoms with van der Waals surface area (Å²) in [6, 6.07) is 4.20. The first-order chi connectivity index (χ1) is 6.11. The Labute approximate surface area is 86.1 Å². The molecule has 0 aliphatic heterocycles. The molecule has 0 saturated carbocycles. The molecule has 72 valence electrons. The summed E-state index contributed by atoms with van der Waals surface area (Å²) in [6.45, 7) is 5.44. The zero-order chi connectivity index (χ0) is 10.4. The van der Waals surface area contributed by atoms with E-state index in [0.29, 0.717) is 10.0 Å². The lowest BCUT2D eigenvalue weighted by Gasteiger charge is -1.96. The van der Waals surface area contributed by atoms with Crippen LogP contribution in [0.25, 0.3) is 0 Å². The number of carbonyl (C=O) groups excluding carboxylic acids is 1. The molecule has 1 nitrogen and oxygen atoms in total. The molecule has 0 atom stereocenters. The molecule has 13 heavy (non-hydrogen) atoms. The summed E-state index contributed by atoms with van der Waals surface area (Å²) < 4.78 is 12.9. The Hall–Kier alpha value is -0.700. The fraction of sp³-hybridized carbons (Fsp3) is 0.300. The molecule has 0 aromatic heterocycles. The van der Waals surface area contributed by atoms with Crippen LogP contribution in [0, 0.1) is 5.82 Å². The minimum atomic E-state index is -0.352. The number of carbonyl (C=O) groups is 1. The van der Waals surface area contributed by atoms with Crippen LogP contribution in [0.3, 0.4) is 0 Å². The minimum Gasteiger partial charge on any atom is -0.295 e. The fourth-order valence-electron chi connectivity index (χ4n) is 0.715. The molecule has 1 rings (SSSR count). The second-order valence-electron chi connectivity index (χ2n) is 2.19. The molecule has 0 aliphatic rings. The maximum absolute atomic E-state index is 12.6. The van der Waals surface area contributed by atoms with Crippen LogP contribution in [0.4, 0.5) is 4.39 Å². The van der Waals surface area contributed by atoms with Crippen molar-refractivity contribution in [1.82, 2.24) is 0 Å². The number of rotatable bonds is 1. The molecule has 0 radical (unpaired) electrons. The van der Waals surface area contributed by atoms with Crippen LogP contribution in [-0.4, -0.2) is 5.78 Å². The van der Waals surface area contributed by atoms with Gasteiger partial charge in [0.2, 0.25) is 0 Å². The van der Waals surface area contributed by atoms with E-state index in [1.54, 1.807) is 0 Å². The highest BCUT2D eigenvalue weighted by Crippen LogP contribution is 2.16. The van der Waals surface area contributed by atoms with Gasteiger partial charge in [0.05, 0.1) is 4.47 Å². The zero-order valence-corrected chi connectivity index (χ0v) is 9.48. The van der Waals surface area contributed by atoms with Crippen LogP contribution < -0.4 is 0 Å². The number of hydrogen-bond acceptors (Lipinski definition) is 1. The van der Waals surface area contributed by atoms with E-state index in [1.807, 2.05) is 13.8 Å². The quantitative estimate of drug-likeness (QED) is 0.689. The summed E-state index contributed by atoms with van der Waals surface area (Å²) in [5, 5.41) is 0. The average molecular weight is 247 g/mol. The van der Waals surface area contributed by atoms with Gasteiger partial charge in [-0.2, -0.15) is 0 Å². The second kappa shape index (κ2) is 5.86. The van der Waals surface area contributed by atoms with Crippen molar-refractivity contribution < 1.29 is 9.18 Å². The molecule has 0 bridgehead atoms. The highest BCUT2D eigenvalue weighted by Gasteiger charge is 2.02. The number of Topliss-reactive ketones (excluding diaryl/α,β-unsaturated/α-hetero) is 1. The molecule has 0 amide bonds. The highest BCUT2D eigenvalue weighted by molar-refractivity contribution is 9.10. The van der Waals surface area contributed by atoms with E-state index in [-0.39, 0.29) is 11.6 Å². The minimum absolute atomic E-state index is 0.0642. The summed E-state index contributed by atoms with van der Waals surface area (Å²) >= 11 is 2.99. The Bertz CT molecular complexity index is 297. The van der Waals surface area contributed by atoms with Crippen LogP contribution in [0.15, 0.2) is 22.7 Å². The number of halogens is 2. The van der Waals surface area contributed by atoms with Crippen molar-refractivity contribution in [3.8, 4) is 0 Å². The predicted molar refractivity (Wildman–Crippen MR) is 55.5 cm³/mol. The van der Waals surface area contributed by atoms with Gasteiger partial charge in [-0.25, -0.2) is 4.39 Å². The summed E-state index contributed by atoms with van der Waals surface area (Å²) in [4.78, 5) is 10.8. The van der Waals surface area contributed by atoms with Gasteiger partial charge in [0, 0.05) is 5.56 Å². The van der Waals surface area contributed by atoms with Crippen LogP contribution >= 0.6 is 15.9 Å². The Morgan fingerprint density at radius 1 is 1.38 bits per heavy atom. The van der Waals surface area contributed by atoms with Crippen molar-refractivity contribution in [2.45, 2.75) is 20.8 Å². The van der Waals surface area contributed by atoms with E-state index in [1.165, 1.54) is 25.1 Å². The van der Waals surface area contributed by atoms with Crippen molar-refractivity contribution in [1.29, 1.82) is 0 Å². The number of ketones is 1. The maximum Gasteiger partial charge on any atom is 0.159 e. The van der Waals surface area contributed by atoms with Crippen LogP contribution in [0.5, 0.6) is 0 Å². The third-order valence-corrected chi connectivity index (χ3v) is 1.93. The van der Waals surface area contributed by atoms with E-state index in [2.05, 4.69) is 15.9 Å². The van der Waals surface area contributed by atoms with Gasteiger partial charge >= 0.3 is 0 Å². The molecule has 1 aromatic carbocycles. The van der Waals surface area contributed by atoms with Gasteiger partial charge in [0.15, 0.2) is 5.78 Å². The molecular weight excluding hydrogens is 235 g/mol. The van der Waals surface area contributed by atoms with Gasteiger partial charge < -0.3 is 0 Å². The third-order valence-electron chi connectivity index (χ3n) is 1.33. The monoisotopic (exact) mass is 246 g/mol. The lowest BCUT2D eigenvalue weighted by atomic mass is 10.1. The Balaban J connectivity index is 0.000000671. The lowest BCUT2D eigenvalue weighted by Crippen LogP contribution is -1.91. The molecular formula is C10H12BrFO. The smallest absolute Gasteiger partial charge is 0.159 e. The maximum atomic E-state index is 12.6. The summed E-state index contributed by atoms with van der Waals surface area (Å²) in [5.41, 5.74) is 0.512. The Morgan fingerprint density at radius 2 is 1.92 bits per heavy atom. The molecule has 0 unspecified atom stereocenters. The van der Waals surface area contributed by atoms with E-state index in [9.17, 15) is 9.18 Å². The summed E-state index contributed by atoms with van der Waals surface area (Å²) in [5.74, 6) is -0.416. The van der Waals surface area contributed by atoms with Gasteiger partial charge in [0.25, 0.3) is 0 Å². The van der Waals surface area contributed by atoms with E-state index < -0.39 is 0 Å². The average Bonchev–Trinajstić information content (AvgIpc) is 2.13. The molecule has 0 N–H and O–H groups in total. The van der Waals surface area contributed by atoms with Crippen molar-refractivity contribution >= 4 is 21.7 Å². The summed E-state index contributed by atoms with van der Waals surface area (Å²) in [6.07, 6.45) is 0. The van der Waals surface area contributed by atoms with E-state index in [4.69, 9.17) is 0 Å². The fourth-order valence-corrected chi connectivity index (χ4v) is 1.09. The van der Waals surface area contributed by atoms with Crippen molar-refractivity contribution in [3.05, 3.63) is 34.1 Å². The highest BCUT2D eigenvalue weighted by atomic mass is 79.9. The van der Waals surface area contributed by atoms with Gasteiger partial charge in [-0.05, 0) is 41.1 Å².